The van der Waals surface area contributed by atoms with Crippen LogP contribution in [0, 0.1) is 0 Å². The van der Waals surface area contributed by atoms with Crippen LogP contribution < -0.4 is 4.90 Å². The highest BCUT2D eigenvalue weighted by molar-refractivity contribution is 6.30. The van der Waals surface area contributed by atoms with Crippen LogP contribution in [0.25, 0.3) is 0 Å². The Balaban J connectivity index is 2.97. The molecule has 0 amide bonds. The summed E-state index contributed by atoms with van der Waals surface area (Å²) >= 11 is 5.83. The molecule has 4 nitrogen and oxygen atoms in total. The predicted molar refractivity (Wildman–Crippen MR) is 72.4 cm³/mol. The molecule has 0 aromatic heterocycles. The van der Waals surface area contributed by atoms with Gasteiger partial charge in [-0.25, -0.2) is 0 Å². The minimum absolute atomic E-state index is 0.0488. The number of ether oxygens (including phenoxy) is 1. The number of benzene rings is 1. The lowest BCUT2D eigenvalue weighted by Crippen LogP contribution is -2.44. The summed E-state index contributed by atoms with van der Waals surface area (Å²) in [6, 6.07) is 7.06. The molecule has 2 unspecified atom stereocenters. The topological polar surface area (TPSA) is 49.8 Å². The first kappa shape index (κ1) is 14.8. The lowest BCUT2D eigenvalue weighted by atomic mass is 10.1. The van der Waals surface area contributed by atoms with Crippen molar-refractivity contribution >= 4 is 23.3 Å². The number of carbonyl (C=O) groups is 1. The van der Waals surface area contributed by atoms with E-state index < -0.39 is 5.97 Å². The Labute approximate surface area is 112 Å². The van der Waals surface area contributed by atoms with E-state index >= 15 is 0 Å². The fourth-order valence-electron chi connectivity index (χ4n) is 1.70. The van der Waals surface area contributed by atoms with E-state index in [1.807, 2.05) is 26.0 Å². The summed E-state index contributed by atoms with van der Waals surface area (Å²) in [7, 11) is 1.61. The number of hydrogen-bond acceptors (Lipinski definition) is 3. The summed E-state index contributed by atoms with van der Waals surface area (Å²) < 4.78 is 5.26. The SMILES string of the molecule is COC(C)C(C)N(CC(=O)O)c1ccc(Cl)cc1. The number of anilines is 1. The van der Waals surface area contributed by atoms with Gasteiger partial charge in [0.2, 0.25) is 0 Å². The van der Waals surface area contributed by atoms with Gasteiger partial charge in [0, 0.05) is 17.8 Å². The van der Waals surface area contributed by atoms with Crippen molar-refractivity contribution in [3.63, 3.8) is 0 Å². The number of methoxy groups -OCH3 is 1. The van der Waals surface area contributed by atoms with E-state index in [1.165, 1.54) is 0 Å². The van der Waals surface area contributed by atoms with Gasteiger partial charge in [0.1, 0.15) is 6.54 Å². The second kappa shape index (κ2) is 6.61. The molecule has 0 saturated heterocycles. The molecule has 0 aliphatic carbocycles. The van der Waals surface area contributed by atoms with Crippen molar-refractivity contribution in [1.29, 1.82) is 0 Å². The first-order chi connectivity index (χ1) is 8.45. The van der Waals surface area contributed by atoms with Gasteiger partial charge in [-0.3, -0.25) is 4.79 Å². The van der Waals surface area contributed by atoms with Crippen LogP contribution in [0.15, 0.2) is 24.3 Å². The smallest absolute Gasteiger partial charge is 0.323 e. The van der Waals surface area contributed by atoms with Crippen molar-refractivity contribution in [2.45, 2.75) is 26.0 Å². The van der Waals surface area contributed by atoms with E-state index in [-0.39, 0.29) is 18.7 Å². The normalized spacial score (nSPS) is 14.0. The molecule has 1 aromatic carbocycles. The molecule has 0 aliphatic heterocycles. The minimum atomic E-state index is -0.875. The Morgan fingerprint density at radius 1 is 1.39 bits per heavy atom. The molecule has 18 heavy (non-hydrogen) atoms. The van der Waals surface area contributed by atoms with Crippen LogP contribution in [0.2, 0.25) is 5.02 Å². The van der Waals surface area contributed by atoms with Gasteiger partial charge in [-0.15, -0.1) is 0 Å². The van der Waals surface area contributed by atoms with Crippen LogP contribution in [0.3, 0.4) is 0 Å². The van der Waals surface area contributed by atoms with Crippen molar-refractivity contribution < 1.29 is 14.6 Å². The van der Waals surface area contributed by atoms with Crippen LogP contribution in [0.1, 0.15) is 13.8 Å². The number of carboxylic acid groups (broad SMARTS) is 1. The third-order valence-corrected chi connectivity index (χ3v) is 3.26. The van der Waals surface area contributed by atoms with Crippen molar-refractivity contribution in [2.24, 2.45) is 0 Å². The third kappa shape index (κ3) is 3.89. The van der Waals surface area contributed by atoms with Crippen LogP contribution >= 0.6 is 11.6 Å². The molecule has 0 aliphatic rings. The van der Waals surface area contributed by atoms with Gasteiger partial charge in [-0.05, 0) is 38.1 Å². The van der Waals surface area contributed by atoms with Crippen LogP contribution in [0.5, 0.6) is 0 Å². The maximum Gasteiger partial charge on any atom is 0.323 e. The van der Waals surface area contributed by atoms with Gasteiger partial charge >= 0.3 is 5.97 Å². The first-order valence-electron chi connectivity index (χ1n) is 5.72. The summed E-state index contributed by atoms with van der Waals surface area (Å²) in [6.45, 7) is 3.78. The van der Waals surface area contributed by atoms with Crippen molar-refractivity contribution in [3.05, 3.63) is 29.3 Å². The van der Waals surface area contributed by atoms with Gasteiger partial charge in [-0.2, -0.15) is 0 Å². The Kier molecular flexibility index (Phi) is 5.44. The summed E-state index contributed by atoms with van der Waals surface area (Å²) in [5.41, 5.74) is 0.818. The monoisotopic (exact) mass is 271 g/mol. The molecule has 0 bridgehead atoms. The average Bonchev–Trinajstić information content (AvgIpc) is 2.35. The fraction of sp³-hybridized carbons (Fsp3) is 0.462. The van der Waals surface area contributed by atoms with Gasteiger partial charge in [-0.1, -0.05) is 11.6 Å². The van der Waals surface area contributed by atoms with E-state index in [9.17, 15) is 4.79 Å². The van der Waals surface area contributed by atoms with Gasteiger partial charge in [0.05, 0.1) is 12.1 Å². The molecule has 2 atom stereocenters. The maximum absolute atomic E-state index is 11.0. The predicted octanol–water partition coefficient (Wildman–Crippen LogP) is 2.65. The molecule has 1 rings (SSSR count). The molecule has 1 N–H and O–H groups in total. The Bertz CT molecular complexity index is 394. The van der Waals surface area contributed by atoms with Crippen LogP contribution in [-0.4, -0.2) is 36.9 Å². The lowest BCUT2D eigenvalue weighted by molar-refractivity contribution is -0.135. The van der Waals surface area contributed by atoms with Gasteiger partial charge < -0.3 is 14.7 Å². The van der Waals surface area contributed by atoms with E-state index in [0.717, 1.165) is 5.69 Å². The molecule has 0 fully saturated rings. The number of halogens is 1. The third-order valence-electron chi connectivity index (χ3n) is 3.01. The quantitative estimate of drug-likeness (QED) is 0.864. The van der Waals surface area contributed by atoms with E-state index in [0.29, 0.717) is 5.02 Å². The molecule has 1 aromatic rings. The van der Waals surface area contributed by atoms with Gasteiger partial charge in [0.25, 0.3) is 0 Å². The second-order valence-electron chi connectivity index (χ2n) is 4.18. The van der Waals surface area contributed by atoms with E-state index in [1.54, 1.807) is 24.1 Å². The zero-order valence-corrected chi connectivity index (χ0v) is 11.5. The zero-order chi connectivity index (χ0) is 13.7. The Morgan fingerprint density at radius 2 is 1.94 bits per heavy atom. The number of carboxylic acids is 1. The molecule has 0 spiro atoms. The molecule has 5 heteroatoms. The minimum Gasteiger partial charge on any atom is -0.480 e. The molecular formula is C13H18ClNO3. The van der Waals surface area contributed by atoms with Crippen LogP contribution in [0.4, 0.5) is 5.69 Å². The molecule has 100 valence electrons. The standard InChI is InChI=1S/C13H18ClNO3/c1-9(10(2)18-3)15(8-13(16)17)12-6-4-11(14)5-7-12/h4-7,9-10H,8H2,1-3H3,(H,16,17). The van der Waals surface area contributed by atoms with E-state index in [4.69, 9.17) is 21.4 Å². The largest absolute Gasteiger partial charge is 0.480 e. The van der Waals surface area contributed by atoms with Crippen molar-refractivity contribution in [3.8, 4) is 0 Å². The number of nitrogens with zero attached hydrogens (tertiary/aromatic N) is 1. The summed E-state index contributed by atoms with van der Waals surface area (Å²) in [5, 5.41) is 9.62. The highest BCUT2D eigenvalue weighted by atomic mass is 35.5. The molecule has 0 radical (unpaired) electrons. The lowest BCUT2D eigenvalue weighted by Gasteiger charge is -2.33. The second-order valence-corrected chi connectivity index (χ2v) is 4.62. The number of aliphatic carboxylic acids is 1. The number of rotatable bonds is 6. The molecular weight excluding hydrogens is 254 g/mol. The maximum atomic E-state index is 11.0. The van der Waals surface area contributed by atoms with E-state index in [2.05, 4.69) is 0 Å². The highest BCUT2D eigenvalue weighted by Crippen LogP contribution is 2.21. The average molecular weight is 272 g/mol. The Hall–Kier alpha value is -1.26. The van der Waals surface area contributed by atoms with Gasteiger partial charge in [0.15, 0.2) is 0 Å². The Morgan fingerprint density at radius 3 is 2.39 bits per heavy atom. The molecule has 0 heterocycles. The number of hydrogen-bond donors (Lipinski definition) is 1. The summed E-state index contributed by atoms with van der Waals surface area (Å²) in [5.74, 6) is -0.875. The first-order valence-corrected chi connectivity index (χ1v) is 6.10. The fourth-order valence-corrected chi connectivity index (χ4v) is 1.83. The van der Waals surface area contributed by atoms with Crippen molar-refractivity contribution in [2.75, 3.05) is 18.6 Å². The summed E-state index contributed by atoms with van der Waals surface area (Å²) in [6.07, 6.45) is -0.0694. The van der Waals surface area contributed by atoms with Crippen LogP contribution in [-0.2, 0) is 9.53 Å². The zero-order valence-electron chi connectivity index (χ0n) is 10.8. The van der Waals surface area contributed by atoms with Crippen molar-refractivity contribution in [1.82, 2.24) is 0 Å². The highest BCUT2D eigenvalue weighted by Gasteiger charge is 2.22. The summed E-state index contributed by atoms with van der Waals surface area (Å²) in [4.78, 5) is 12.7. The molecule has 0 saturated carbocycles.